The number of carbonyl (C=O) groups excluding carboxylic acids is 1. The van der Waals surface area contributed by atoms with Crippen LogP contribution in [0, 0.1) is 21.8 Å². The molecular formula is C20H24F2N4O3S. The van der Waals surface area contributed by atoms with Crippen molar-refractivity contribution in [3.8, 4) is 5.75 Å². The fourth-order valence-electron chi connectivity index (χ4n) is 3.62. The molecule has 2 aromatic rings. The molecule has 3 rings (SSSR count). The van der Waals surface area contributed by atoms with Gasteiger partial charge in [0, 0.05) is 24.7 Å². The van der Waals surface area contributed by atoms with Crippen LogP contribution in [0.15, 0.2) is 35.5 Å². The van der Waals surface area contributed by atoms with Crippen LogP contribution in [0.5, 0.6) is 5.75 Å². The zero-order valence-electron chi connectivity index (χ0n) is 17.2. The Hall–Kier alpha value is -2.75. The van der Waals surface area contributed by atoms with Crippen molar-refractivity contribution < 1.29 is 22.5 Å². The Balaban J connectivity index is 1.94. The fourth-order valence-corrected chi connectivity index (χ4v) is 4.24. The molecule has 0 aliphatic carbocycles. The van der Waals surface area contributed by atoms with Crippen LogP contribution in [0.4, 0.5) is 20.2 Å². The number of anilines is 2. The molecule has 30 heavy (non-hydrogen) atoms. The quantitative estimate of drug-likeness (QED) is 0.743. The van der Waals surface area contributed by atoms with Crippen LogP contribution < -0.4 is 15.0 Å². The van der Waals surface area contributed by atoms with Gasteiger partial charge in [0.05, 0.1) is 22.5 Å². The molecule has 1 aromatic heterocycles. The molecular weight excluding hydrogens is 414 g/mol. The number of halogens is 2. The summed E-state index contributed by atoms with van der Waals surface area (Å²) in [4.78, 5) is 18.7. The third kappa shape index (κ3) is 4.38. The molecule has 2 heterocycles. The second-order valence-corrected chi connectivity index (χ2v) is 10.2. The second-order valence-electron chi connectivity index (χ2n) is 8.14. The van der Waals surface area contributed by atoms with E-state index >= 15 is 0 Å². The number of amides is 1. The highest BCUT2D eigenvalue weighted by Crippen LogP contribution is 2.42. The predicted octanol–water partition coefficient (Wildman–Crippen LogP) is 3.65. The first-order chi connectivity index (χ1) is 13.9. The highest BCUT2D eigenvalue weighted by Gasteiger charge is 2.43. The van der Waals surface area contributed by atoms with E-state index in [9.17, 15) is 17.8 Å². The average molecular weight is 439 g/mol. The first-order valence-corrected chi connectivity index (χ1v) is 11.2. The summed E-state index contributed by atoms with van der Waals surface area (Å²) in [7, 11) is -1.79. The summed E-state index contributed by atoms with van der Waals surface area (Å²) >= 11 is 0. The zero-order valence-corrected chi connectivity index (χ0v) is 18.0. The van der Waals surface area contributed by atoms with E-state index in [0.717, 1.165) is 6.07 Å². The van der Waals surface area contributed by atoms with E-state index in [1.54, 1.807) is 4.90 Å². The van der Waals surface area contributed by atoms with E-state index in [2.05, 4.69) is 10.3 Å². The third-order valence-corrected chi connectivity index (χ3v) is 5.99. The van der Waals surface area contributed by atoms with Crippen molar-refractivity contribution in [3.05, 3.63) is 42.1 Å². The van der Waals surface area contributed by atoms with Gasteiger partial charge in [0.2, 0.25) is 11.7 Å². The van der Waals surface area contributed by atoms with E-state index in [4.69, 9.17) is 9.52 Å². The number of methoxy groups -OCH3 is 1. The largest absolute Gasteiger partial charge is 0.491 e. The summed E-state index contributed by atoms with van der Waals surface area (Å²) in [5.41, 5.74) is 0.384. The normalized spacial score (nSPS) is 19.9. The minimum absolute atomic E-state index is 0.0613. The van der Waals surface area contributed by atoms with Crippen molar-refractivity contribution >= 4 is 27.0 Å². The van der Waals surface area contributed by atoms with Crippen LogP contribution in [-0.2, 0) is 14.5 Å². The Morgan fingerprint density at radius 2 is 2.07 bits per heavy atom. The lowest BCUT2D eigenvalue weighted by molar-refractivity contribution is -0.117. The molecule has 2 atom stereocenters. The minimum Gasteiger partial charge on any atom is -0.491 e. The standard InChI is InChI=1S/C20H24F2N4O3S/c1-20(2)10-15(19(27)25-12-7-8-24-16(9-12)30(4,23)28)26(11-20)14-6-5-13(21)17(22)18(14)29-3/h5-9,15,23H,10-11H2,1-4H3,(H,24,25,27)/t15?,30-/m1/s1. The van der Waals surface area contributed by atoms with Gasteiger partial charge in [-0.3, -0.25) is 4.79 Å². The number of benzene rings is 1. The first kappa shape index (κ1) is 21.9. The molecule has 1 aliphatic heterocycles. The summed E-state index contributed by atoms with van der Waals surface area (Å²) in [6, 6.07) is 4.67. The molecule has 0 saturated carbocycles. The summed E-state index contributed by atoms with van der Waals surface area (Å²) < 4.78 is 52.6. The van der Waals surface area contributed by atoms with E-state index < -0.39 is 27.4 Å². The summed E-state index contributed by atoms with van der Waals surface area (Å²) in [6.07, 6.45) is 3.09. The highest BCUT2D eigenvalue weighted by molar-refractivity contribution is 7.91. The minimum atomic E-state index is -3.04. The van der Waals surface area contributed by atoms with Crippen LogP contribution in [0.25, 0.3) is 0 Å². The first-order valence-electron chi connectivity index (χ1n) is 9.22. The lowest BCUT2D eigenvalue weighted by Crippen LogP contribution is -2.40. The van der Waals surface area contributed by atoms with E-state index in [1.807, 2.05) is 13.8 Å². The summed E-state index contributed by atoms with van der Waals surface area (Å²) in [5, 5.41) is 2.82. The molecule has 162 valence electrons. The number of carbonyl (C=O) groups is 1. The third-order valence-electron chi connectivity index (χ3n) is 4.97. The number of hydrogen-bond acceptors (Lipinski definition) is 6. The summed E-state index contributed by atoms with van der Waals surface area (Å²) in [6.45, 7) is 4.40. The van der Waals surface area contributed by atoms with E-state index in [-0.39, 0.29) is 22.1 Å². The molecule has 7 nitrogen and oxygen atoms in total. The Morgan fingerprint density at radius 3 is 2.70 bits per heavy atom. The molecule has 10 heteroatoms. The lowest BCUT2D eigenvalue weighted by Gasteiger charge is -2.28. The predicted molar refractivity (Wildman–Crippen MR) is 110 cm³/mol. The maximum Gasteiger partial charge on any atom is 0.247 e. The number of rotatable bonds is 5. The van der Waals surface area contributed by atoms with Crippen LogP contribution in [0.1, 0.15) is 20.3 Å². The highest BCUT2D eigenvalue weighted by atomic mass is 32.2. The van der Waals surface area contributed by atoms with Gasteiger partial charge in [0.15, 0.2) is 11.6 Å². The number of hydrogen-bond donors (Lipinski definition) is 2. The van der Waals surface area contributed by atoms with Crippen molar-refractivity contribution in [2.45, 2.75) is 31.3 Å². The molecule has 1 aromatic carbocycles. The van der Waals surface area contributed by atoms with Crippen molar-refractivity contribution in [2.75, 3.05) is 30.1 Å². The number of nitrogens with zero attached hydrogens (tertiary/aromatic N) is 2. The van der Waals surface area contributed by atoms with Crippen molar-refractivity contribution in [1.29, 1.82) is 4.78 Å². The average Bonchev–Trinajstić information content (AvgIpc) is 2.99. The molecule has 1 fully saturated rings. The lowest BCUT2D eigenvalue weighted by atomic mass is 9.90. The van der Waals surface area contributed by atoms with E-state index in [0.29, 0.717) is 24.3 Å². The zero-order chi connectivity index (χ0) is 22.3. The maximum absolute atomic E-state index is 14.3. The topological polar surface area (TPSA) is 95.4 Å². The van der Waals surface area contributed by atoms with Gasteiger partial charge in [-0.15, -0.1) is 0 Å². The Kier molecular flexibility index (Phi) is 5.72. The fraction of sp³-hybridized carbons (Fsp3) is 0.400. The van der Waals surface area contributed by atoms with Gasteiger partial charge >= 0.3 is 0 Å². The Morgan fingerprint density at radius 1 is 1.37 bits per heavy atom. The van der Waals surface area contributed by atoms with Crippen LogP contribution in [0.3, 0.4) is 0 Å². The monoisotopic (exact) mass is 438 g/mol. The van der Waals surface area contributed by atoms with Crippen LogP contribution in [-0.4, -0.2) is 41.1 Å². The molecule has 1 unspecified atom stereocenters. The van der Waals surface area contributed by atoms with Crippen LogP contribution in [0.2, 0.25) is 0 Å². The van der Waals surface area contributed by atoms with Crippen molar-refractivity contribution in [2.24, 2.45) is 5.41 Å². The number of nitrogens with one attached hydrogen (secondary N) is 2. The van der Waals surface area contributed by atoms with Gasteiger partial charge in [-0.1, -0.05) is 13.8 Å². The molecule has 1 amide bonds. The van der Waals surface area contributed by atoms with Crippen molar-refractivity contribution in [3.63, 3.8) is 0 Å². The van der Waals surface area contributed by atoms with Crippen molar-refractivity contribution in [1.82, 2.24) is 4.98 Å². The Labute approximate surface area is 174 Å². The number of pyridine rings is 1. The molecule has 0 radical (unpaired) electrons. The number of ether oxygens (including phenoxy) is 1. The van der Waals surface area contributed by atoms with Gasteiger partial charge in [0.25, 0.3) is 0 Å². The molecule has 1 saturated heterocycles. The van der Waals surface area contributed by atoms with Gasteiger partial charge in [-0.2, -0.15) is 4.39 Å². The van der Waals surface area contributed by atoms with Gasteiger partial charge in [0.1, 0.15) is 11.1 Å². The molecule has 0 spiro atoms. The van der Waals surface area contributed by atoms with Crippen LogP contribution >= 0.6 is 0 Å². The SMILES string of the molecule is COc1c(N2CC(C)(C)CC2C(=O)Nc2ccnc([S@](C)(=N)=O)c2)ccc(F)c1F. The molecule has 0 bridgehead atoms. The molecule has 1 aliphatic rings. The summed E-state index contributed by atoms with van der Waals surface area (Å²) in [5.74, 6) is -2.75. The second kappa shape index (κ2) is 7.82. The van der Waals surface area contributed by atoms with Gasteiger partial charge < -0.3 is 15.0 Å². The Bertz CT molecular complexity index is 1090. The van der Waals surface area contributed by atoms with Gasteiger partial charge in [-0.05, 0) is 36.1 Å². The molecule has 2 N–H and O–H groups in total. The maximum atomic E-state index is 14.3. The number of aromatic nitrogens is 1. The van der Waals surface area contributed by atoms with Gasteiger partial charge in [-0.25, -0.2) is 18.4 Å². The smallest absolute Gasteiger partial charge is 0.247 e. The van der Waals surface area contributed by atoms with E-state index in [1.165, 1.54) is 37.8 Å².